The lowest BCUT2D eigenvalue weighted by Crippen LogP contribution is -2.40. The number of nitrogens with one attached hydrogen (secondary N) is 1. The molecule has 116 valence electrons. The van der Waals surface area contributed by atoms with Crippen LogP contribution in [0.5, 0.6) is 0 Å². The number of carbonyl (C=O) groups is 2. The highest BCUT2D eigenvalue weighted by atomic mass is 16.4. The van der Waals surface area contributed by atoms with Crippen LogP contribution in [0.25, 0.3) is 0 Å². The van der Waals surface area contributed by atoms with Crippen molar-refractivity contribution in [2.45, 2.75) is 32.6 Å². The number of likely N-dealkylation sites (tertiary alicyclic amines) is 1. The number of amides is 1. The minimum atomic E-state index is -0.758. The predicted molar refractivity (Wildman–Crippen MR) is 73.8 cm³/mol. The molecule has 21 heavy (non-hydrogen) atoms. The number of nitrogens with zero attached hydrogens (tertiary/aromatic N) is 3. The Bertz CT molecular complexity index is 506. The first-order chi connectivity index (χ1) is 9.95. The van der Waals surface area contributed by atoms with Crippen molar-refractivity contribution >= 4 is 17.9 Å². The van der Waals surface area contributed by atoms with Gasteiger partial charge in [0.1, 0.15) is 0 Å². The molecule has 1 fully saturated rings. The van der Waals surface area contributed by atoms with Crippen molar-refractivity contribution < 1.29 is 19.1 Å². The summed E-state index contributed by atoms with van der Waals surface area (Å²) in [4.78, 5) is 24.7. The highest BCUT2D eigenvalue weighted by Gasteiger charge is 2.25. The highest BCUT2D eigenvalue weighted by Crippen LogP contribution is 2.17. The molecule has 0 bridgehead atoms. The Morgan fingerprint density at radius 2 is 2.05 bits per heavy atom. The van der Waals surface area contributed by atoms with Crippen LogP contribution in [0.2, 0.25) is 0 Å². The zero-order valence-corrected chi connectivity index (χ0v) is 12.2. The van der Waals surface area contributed by atoms with Gasteiger partial charge >= 0.3 is 12.0 Å². The monoisotopic (exact) mass is 296 g/mol. The van der Waals surface area contributed by atoms with Gasteiger partial charge in [-0.05, 0) is 25.9 Å². The van der Waals surface area contributed by atoms with Gasteiger partial charge in [0, 0.05) is 5.92 Å². The van der Waals surface area contributed by atoms with E-state index in [4.69, 9.17) is 9.52 Å². The fourth-order valence-electron chi connectivity index (χ4n) is 2.22. The first-order valence-electron chi connectivity index (χ1n) is 7.04. The third-order valence-electron chi connectivity index (χ3n) is 3.48. The van der Waals surface area contributed by atoms with Crippen LogP contribution in [-0.4, -0.2) is 51.7 Å². The summed E-state index contributed by atoms with van der Waals surface area (Å²) >= 11 is 0. The first-order valence-corrected chi connectivity index (χ1v) is 7.04. The van der Waals surface area contributed by atoms with Gasteiger partial charge in [0.25, 0.3) is 0 Å². The number of piperidine rings is 1. The van der Waals surface area contributed by atoms with Crippen molar-refractivity contribution in [1.82, 2.24) is 15.1 Å². The minimum absolute atomic E-state index is 0.101. The van der Waals surface area contributed by atoms with Crippen LogP contribution in [0.3, 0.4) is 0 Å². The van der Waals surface area contributed by atoms with Crippen molar-refractivity contribution in [3.05, 3.63) is 5.89 Å². The molecule has 1 amide bonds. The number of carboxylic acid groups (broad SMARTS) is 1. The number of hydrogen-bond donors (Lipinski definition) is 2. The SMILES string of the molecule is CC(C)c1nnc(NC(=O)CN2CCC(C(=O)O)CC2)o1. The second-order valence-corrected chi connectivity index (χ2v) is 5.54. The van der Waals surface area contributed by atoms with Crippen LogP contribution in [0, 0.1) is 5.92 Å². The van der Waals surface area contributed by atoms with E-state index in [0.29, 0.717) is 31.8 Å². The zero-order valence-electron chi connectivity index (χ0n) is 12.2. The molecular weight excluding hydrogens is 276 g/mol. The summed E-state index contributed by atoms with van der Waals surface area (Å²) in [5, 5.41) is 19.1. The van der Waals surface area contributed by atoms with E-state index in [1.807, 2.05) is 18.7 Å². The molecule has 2 heterocycles. The summed E-state index contributed by atoms with van der Waals surface area (Å²) in [6, 6.07) is 0.101. The first kappa shape index (κ1) is 15.4. The van der Waals surface area contributed by atoms with Crippen molar-refractivity contribution in [3.8, 4) is 0 Å². The molecule has 8 nitrogen and oxygen atoms in total. The normalized spacial score (nSPS) is 17.1. The number of anilines is 1. The predicted octanol–water partition coefficient (Wildman–Crippen LogP) is 0.928. The molecule has 1 saturated heterocycles. The van der Waals surface area contributed by atoms with Gasteiger partial charge in [-0.3, -0.25) is 19.8 Å². The molecule has 2 rings (SSSR count). The van der Waals surface area contributed by atoms with Crippen molar-refractivity contribution in [3.63, 3.8) is 0 Å². The fraction of sp³-hybridized carbons (Fsp3) is 0.692. The van der Waals surface area contributed by atoms with Gasteiger partial charge in [0.2, 0.25) is 11.8 Å². The van der Waals surface area contributed by atoms with E-state index in [-0.39, 0.29) is 30.3 Å². The second-order valence-electron chi connectivity index (χ2n) is 5.54. The van der Waals surface area contributed by atoms with E-state index < -0.39 is 5.97 Å². The summed E-state index contributed by atoms with van der Waals surface area (Å²) < 4.78 is 5.30. The summed E-state index contributed by atoms with van der Waals surface area (Å²) in [7, 11) is 0. The molecule has 0 aromatic carbocycles. The van der Waals surface area contributed by atoms with Crippen LogP contribution in [0.15, 0.2) is 4.42 Å². The number of carbonyl (C=O) groups excluding carboxylic acids is 1. The molecule has 0 spiro atoms. The number of aromatic nitrogens is 2. The number of hydrogen-bond acceptors (Lipinski definition) is 6. The molecule has 1 aromatic heterocycles. The van der Waals surface area contributed by atoms with Gasteiger partial charge in [-0.2, -0.15) is 0 Å². The largest absolute Gasteiger partial charge is 0.481 e. The Balaban J connectivity index is 1.78. The second kappa shape index (κ2) is 6.66. The third kappa shape index (κ3) is 4.25. The van der Waals surface area contributed by atoms with Gasteiger partial charge < -0.3 is 9.52 Å². The Morgan fingerprint density at radius 1 is 1.38 bits per heavy atom. The number of rotatable bonds is 5. The quantitative estimate of drug-likeness (QED) is 0.831. The molecule has 2 N–H and O–H groups in total. The van der Waals surface area contributed by atoms with E-state index in [9.17, 15) is 9.59 Å². The lowest BCUT2D eigenvalue weighted by molar-refractivity contribution is -0.143. The molecule has 0 radical (unpaired) electrons. The van der Waals surface area contributed by atoms with Crippen LogP contribution in [0.1, 0.15) is 38.5 Å². The van der Waals surface area contributed by atoms with E-state index in [1.54, 1.807) is 0 Å². The maximum Gasteiger partial charge on any atom is 0.322 e. The summed E-state index contributed by atoms with van der Waals surface area (Å²) in [5.41, 5.74) is 0. The Kier molecular flexibility index (Phi) is 4.89. The molecule has 1 aromatic rings. The average Bonchev–Trinajstić information content (AvgIpc) is 2.87. The summed E-state index contributed by atoms with van der Waals surface area (Å²) in [5.74, 6) is -0.700. The molecular formula is C13H20N4O4. The van der Waals surface area contributed by atoms with Crippen LogP contribution >= 0.6 is 0 Å². The van der Waals surface area contributed by atoms with E-state index in [0.717, 1.165) is 0 Å². The van der Waals surface area contributed by atoms with Gasteiger partial charge in [0.15, 0.2) is 0 Å². The lowest BCUT2D eigenvalue weighted by Gasteiger charge is -2.29. The van der Waals surface area contributed by atoms with Gasteiger partial charge in [-0.25, -0.2) is 0 Å². The maximum absolute atomic E-state index is 11.9. The molecule has 8 heteroatoms. The van der Waals surface area contributed by atoms with Crippen molar-refractivity contribution in [1.29, 1.82) is 0 Å². The fourth-order valence-corrected chi connectivity index (χ4v) is 2.22. The maximum atomic E-state index is 11.9. The molecule has 0 unspecified atom stereocenters. The Labute approximate surface area is 122 Å². The van der Waals surface area contributed by atoms with E-state index in [2.05, 4.69) is 15.5 Å². The van der Waals surface area contributed by atoms with E-state index in [1.165, 1.54) is 0 Å². The smallest absolute Gasteiger partial charge is 0.322 e. The lowest BCUT2D eigenvalue weighted by atomic mass is 9.97. The summed E-state index contributed by atoms with van der Waals surface area (Å²) in [6.45, 7) is 5.25. The zero-order chi connectivity index (χ0) is 15.4. The molecule has 1 aliphatic heterocycles. The van der Waals surface area contributed by atoms with Crippen molar-refractivity contribution in [2.24, 2.45) is 5.92 Å². The third-order valence-corrected chi connectivity index (χ3v) is 3.48. The van der Waals surface area contributed by atoms with Crippen LogP contribution in [-0.2, 0) is 9.59 Å². The minimum Gasteiger partial charge on any atom is -0.481 e. The van der Waals surface area contributed by atoms with Gasteiger partial charge in [0.05, 0.1) is 12.5 Å². The highest BCUT2D eigenvalue weighted by molar-refractivity contribution is 5.90. The van der Waals surface area contributed by atoms with Gasteiger partial charge in [-0.1, -0.05) is 18.9 Å². The van der Waals surface area contributed by atoms with Crippen LogP contribution < -0.4 is 5.32 Å². The average molecular weight is 296 g/mol. The number of aliphatic carboxylic acids is 1. The standard InChI is InChI=1S/C13H20N4O4/c1-8(2)11-15-16-13(21-11)14-10(18)7-17-5-3-9(4-6-17)12(19)20/h8-9H,3-7H2,1-2H3,(H,19,20)(H,14,16,18). The molecule has 0 saturated carbocycles. The molecule has 0 atom stereocenters. The van der Waals surface area contributed by atoms with Crippen molar-refractivity contribution in [2.75, 3.05) is 25.0 Å². The number of carboxylic acids is 1. The Hall–Kier alpha value is -1.96. The van der Waals surface area contributed by atoms with Crippen LogP contribution in [0.4, 0.5) is 6.01 Å². The van der Waals surface area contributed by atoms with Gasteiger partial charge in [-0.15, -0.1) is 5.10 Å². The molecule has 1 aliphatic rings. The summed E-state index contributed by atoms with van der Waals surface area (Å²) in [6.07, 6.45) is 1.14. The van der Waals surface area contributed by atoms with E-state index >= 15 is 0 Å². The topological polar surface area (TPSA) is 109 Å². The Morgan fingerprint density at radius 3 is 2.57 bits per heavy atom. The molecule has 0 aliphatic carbocycles.